The standard InChI is InChI=1S/C29H31BrCl2N2O2S/c1-20(2)16-33-29(36)27(14-21-6-4-3-5-7-21)34(17-22-8-11-24(30)12-9-22)28(35)19-37-18-23-10-13-25(31)15-26(23)32/h3-13,15,20,27H,14,16-19H2,1-2H3,(H,33,36). The highest BCUT2D eigenvalue weighted by atomic mass is 79.9. The first kappa shape index (κ1) is 29.6. The average molecular weight is 622 g/mol. The van der Waals surface area contributed by atoms with E-state index in [9.17, 15) is 9.59 Å². The van der Waals surface area contributed by atoms with Gasteiger partial charge in [0.25, 0.3) is 0 Å². The molecule has 2 amide bonds. The second kappa shape index (κ2) is 14.8. The number of carbonyl (C=O) groups is 2. The molecule has 1 unspecified atom stereocenters. The number of rotatable bonds is 12. The summed E-state index contributed by atoms with van der Waals surface area (Å²) < 4.78 is 0.958. The lowest BCUT2D eigenvalue weighted by Crippen LogP contribution is -2.51. The van der Waals surface area contributed by atoms with Gasteiger partial charge in [-0.25, -0.2) is 0 Å². The zero-order chi connectivity index (χ0) is 26.8. The molecule has 3 aromatic carbocycles. The van der Waals surface area contributed by atoms with Gasteiger partial charge < -0.3 is 10.2 Å². The van der Waals surface area contributed by atoms with E-state index >= 15 is 0 Å². The van der Waals surface area contributed by atoms with Crippen LogP contribution in [0.25, 0.3) is 0 Å². The van der Waals surface area contributed by atoms with E-state index in [0.29, 0.717) is 41.2 Å². The maximum atomic E-state index is 13.7. The third-order valence-electron chi connectivity index (χ3n) is 5.72. The van der Waals surface area contributed by atoms with Gasteiger partial charge in [-0.3, -0.25) is 9.59 Å². The Morgan fingerprint density at radius 2 is 1.68 bits per heavy atom. The zero-order valence-corrected chi connectivity index (χ0v) is 24.8. The quantitative estimate of drug-likeness (QED) is 0.229. The van der Waals surface area contributed by atoms with Crippen molar-refractivity contribution in [2.24, 2.45) is 5.92 Å². The summed E-state index contributed by atoms with van der Waals surface area (Å²) in [6, 6.07) is 22.4. The normalized spacial score (nSPS) is 11.8. The molecule has 0 fully saturated rings. The van der Waals surface area contributed by atoms with Crippen LogP contribution in [-0.2, 0) is 28.3 Å². The number of benzene rings is 3. The first-order valence-corrected chi connectivity index (χ1v) is 14.8. The number of halogens is 3. The minimum atomic E-state index is -0.642. The molecular weight excluding hydrogens is 591 g/mol. The minimum absolute atomic E-state index is 0.0985. The highest BCUT2D eigenvalue weighted by molar-refractivity contribution is 9.10. The summed E-state index contributed by atoms with van der Waals surface area (Å²) in [5, 5.41) is 4.20. The van der Waals surface area contributed by atoms with E-state index in [0.717, 1.165) is 21.2 Å². The van der Waals surface area contributed by atoms with Gasteiger partial charge in [0.05, 0.1) is 5.75 Å². The molecule has 37 heavy (non-hydrogen) atoms. The van der Waals surface area contributed by atoms with Gasteiger partial charge in [0, 0.05) is 39.8 Å². The molecule has 0 saturated heterocycles. The second-order valence-electron chi connectivity index (χ2n) is 9.22. The van der Waals surface area contributed by atoms with Crippen LogP contribution < -0.4 is 5.32 Å². The van der Waals surface area contributed by atoms with Gasteiger partial charge in [0.1, 0.15) is 6.04 Å². The number of nitrogens with one attached hydrogen (secondary N) is 1. The van der Waals surface area contributed by atoms with Crippen LogP contribution in [0.5, 0.6) is 0 Å². The molecule has 0 aliphatic carbocycles. The van der Waals surface area contributed by atoms with Crippen molar-refractivity contribution in [2.45, 2.75) is 38.6 Å². The van der Waals surface area contributed by atoms with E-state index in [1.165, 1.54) is 11.8 Å². The van der Waals surface area contributed by atoms with Crippen LogP contribution in [0.15, 0.2) is 77.3 Å². The molecule has 196 valence electrons. The number of hydrogen-bond acceptors (Lipinski definition) is 3. The van der Waals surface area contributed by atoms with E-state index in [1.807, 2.05) is 60.7 Å². The fraction of sp³-hybridized carbons (Fsp3) is 0.310. The van der Waals surface area contributed by atoms with Gasteiger partial charge >= 0.3 is 0 Å². The fourth-order valence-corrected chi connectivity index (χ4v) is 5.47. The molecule has 4 nitrogen and oxygen atoms in total. The van der Waals surface area contributed by atoms with Gasteiger partial charge in [-0.15, -0.1) is 11.8 Å². The molecule has 1 atom stereocenters. The number of thioether (sulfide) groups is 1. The van der Waals surface area contributed by atoms with E-state index in [1.54, 1.807) is 17.0 Å². The molecule has 0 radical (unpaired) electrons. The third-order valence-corrected chi connectivity index (χ3v) is 7.80. The summed E-state index contributed by atoms with van der Waals surface area (Å²) in [6.45, 7) is 4.99. The van der Waals surface area contributed by atoms with Crippen molar-refractivity contribution < 1.29 is 9.59 Å². The Kier molecular flexibility index (Phi) is 11.8. The van der Waals surface area contributed by atoms with E-state index in [4.69, 9.17) is 23.2 Å². The average Bonchev–Trinajstić information content (AvgIpc) is 2.87. The van der Waals surface area contributed by atoms with E-state index in [-0.39, 0.29) is 17.6 Å². The second-order valence-corrected chi connectivity index (χ2v) is 12.0. The first-order valence-electron chi connectivity index (χ1n) is 12.1. The maximum absolute atomic E-state index is 13.7. The Morgan fingerprint density at radius 3 is 2.32 bits per heavy atom. The Balaban J connectivity index is 1.84. The molecule has 0 bridgehead atoms. The van der Waals surface area contributed by atoms with Crippen LogP contribution in [0.1, 0.15) is 30.5 Å². The fourth-order valence-electron chi connectivity index (χ4n) is 3.73. The molecular formula is C29H31BrCl2N2O2S. The molecule has 3 rings (SSSR count). The molecule has 0 aromatic heterocycles. The Bertz CT molecular complexity index is 1180. The summed E-state index contributed by atoms with van der Waals surface area (Å²) in [6.07, 6.45) is 0.431. The van der Waals surface area contributed by atoms with Crippen LogP contribution in [0.4, 0.5) is 0 Å². The predicted molar refractivity (Wildman–Crippen MR) is 159 cm³/mol. The summed E-state index contributed by atoms with van der Waals surface area (Å²) in [5.41, 5.74) is 2.87. The van der Waals surface area contributed by atoms with Crippen molar-refractivity contribution in [3.05, 3.63) is 104 Å². The van der Waals surface area contributed by atoms with Crippen molar-refractivity contribution in [1.82, 2.24) is 10.2 Å². The van der Waals surface area contributed by atoms with Crippen molar-refractivity contribution in [1.29, 1.82) is 0 Å². The Labute approximate surface area is 242 Å². The highest BCUT2D eigenvalue weighted by Crippen LogP contribution is 2.25. The van der Waals surface area contributed by atoms with Crippen molar-refractivity contribution >= 4 is 62.7 Å². The number of amides is 2. The first-order chi connectivity index (χ1) is 17.7. The topological polar surface area (TPSA) is 49.4 Å². The number of nitrogens with zero attached hydrogens (tertiary/aromatic N) is 1. The van der Waals surface area contributed by atoms with Gasteiger partial charge in [-0.2, -0.15) is 0 Å². The van der Waals surface area contributed by atoms with Crippen LogP contribution in [0.2, 0.25) is 10.0 Å². The van der Waals surface area contributed by atoms with Gasteiger partial charge in [-0.05, 0) is 46.9 Å². The molecule has 0 aliphatic rings. The van der Waals surface area contributed by atoms with Crippen molar-refractivity contribution in [3.8, 4) is 0 Å². The lowest BCUT2D eigenvalue weighted by Gasteiger charge is -2.32. The lowest BCUT2D eigenvalue weighted by molar-refractivity contribution is -0.139. The number of carbonyl (C=O) groups excluding carboxylic acids is 2. The molecule has 1 N–H and O–H groups in total. The largest absolute Gasteiger partial charge is 0.354 e. The molecule has 3 aromatic rings. The molecule has 0 aliphatic heterocycles. The van der Waals surface area contributed by atoms with E-state index < -0.39 is 6.04 Å². The molecule has 0 heterocycles. The molecule has 8 heteroatoms. The summed E-state index contributed by atoms with van der Waals surface area (Å²) in [7, 11) is 0. The van der Waals surface area contributed by atoms with Crippen molar-refractivity contribution in [3.63, 3.8) is 0 Å². The molecule has 0 spiro atoms. The predicted octanol–water partition coefficient (Wildman–Crippen LogP) is 7.40. The molecule has 0 saturated carbocycles. The van der Waals surface area contributed by atoms with E-state index in [2.05, 4.69) is 35.1 Å². The zero-order valence-electron chi connectivity index (χ0n) is 20.9. The van der Waals surface area contributed by atoms with Gasteiger partial charge in [0.15, 0.2) is 0 Å². The van der Waals surface area contributed by atoms with Gasteiger partial charge in [-0.1, -0.05) is 102 Å². The third kappa shape index (κ3) is 9.68. The summed E-state index contributed by atoms with van der Waals surface area (Å²) in [5.74, 6) is 0.846. The smallest absolute Gasteiger partial charge is 0.243 e. The van der Waals surface area contributed by atoms with Crippen LogP contribution in [0.3, 0.4) is 0 Å². The Hall–Kier alpha value is -1.99. The maximum Gasteiger partial charge on any atom is 0.243 e. The van der Waals surface area contributed by atoms with Crippen LogP contribution in [-0.4, -0.2) is 35.1 Å². The summed E-state index contributed by atoms with van der Waals surface area (Å²) in [4.78, 5) is 28.9. The van der Waals surface area contributed by atoms with Crippen molar-refractivity contribution in [2.75, 3.05) is 12.3 Å². The lowest BCUT2D eigenvalue weighted by atomic mass is 10.0. The van der Waals surface area contributed by atoms with Crippen LogP contribution in [0, 0.1) is 5.92 Å². The van der Waals surface area contributed by atoms with Gasteiger partial charge in [0.2, 0.25) is 11.8 Å². The SMILES string of the molecule is CC(C)CNC(=O)C(Cc1ccccc1)N(Cc1ccc(Br)cc1)C(=O)CSCc1ccc(Cl)cc1Cl. The van der Waals surface area contributed by atoms with Crippen LogP contribution >= 0.6 is 50.9 Å². The monoisotopic (exact) mass is 620 g/mol. The Morgan fingerprint density at radius 1 is 0.973 bits per heavy atom. The highest BCUT2D eigenvalue weighted by Gasteiger charge is 2.30. The number of hydrogen-bond donors (Lipinski definition) is 1. The summed E-state index contributed by atoms with van der Waals surface area (Å²) >= 11 is 17.3. The minimum Gasteiger partial charge on any atom is -0.354 e.